The van der Waals surface area contributed by atoms with Crippen molar-refractivity contribution in [1.82, 2.24) is 5.32 Å². The van der Waals surface area contributed by atoms with Crippen molar-refractivity contribution in [2.24, 2.45) is 5.92 Å². The highest BCUT2D eigenvalue weighted by atomic mass is 19.1. The van der Waals surface area contributed by atoms with Crippen LogP contribution in [0.2, 0.25) is 0 Å². The van der Waals surface area contributed by atoms with Gasteiger partial charge in [-0.2, -0.15) is 0 Å². The summed E-state index contributed by atoms with van der Waals surface area (Å²) in [6.45, 7) is 0. The van der Waals surface area contributed by atoms with Gasteiger partial charge >= 0.3 is 6.09 Å². The summed E-state index contributed by atoms with van der Waals surface area (Å²) in [5.74, 6) is -0.0398. The number of ether oxygens (including phenoxy) is 1. The molecule has 2 atom stereocenters. The number of rotatable bonds is 4. The van der Waals surface area contributed by atoms with Crippen LogP contribution < -0.4 is 10.6 Å². The summed E-state index contributed by atoms with van der Waals surface area (Å²) < 4.78 is 18.3. The zero-order valence-electron chi connectivity index (χ0n) is 13.6. The third-order valence-corrected chi connectivity index (χ3v) is 4.81. The molecular weight excluding hydrogens is 311 g/mol. The fourth-order valence-corrected chi connectivity index (χ4v) is 3.20. The van der Waals surface area contributed by atoms with Crippen LogP contribution in [0, 0.1) is 11.7 Å². The summed E-state index contributed by atoms with van der Waals surface area (Å²) in [4.78, 5) is 24.0. The highest BCUT2D eigenvalue weighted by Crippen LogP contribution is 2.28. The van der Waals surface area contributed by atoms with Gasteiger partial charge in [-0.25, -0.2) is 9.18 Å². The van der Waals surface area contributed by atoms with E-state index >= 15 is 0 Å². The predicted molar refractivity (Wildman–Crippen MR) is 88.0 cm³/mol. The molecule has 0 saturated heterocycles. The zero-order valence-corrected chi connectivity index (χ0v) is 13.6. The molecule has 3 rings (SSSR count). The van der Waals surface area contributed by atoms with Crippen LogP contribution in [-0.2, 0) is 9.53 Å². The topological polar surface area (TPSA) is 67.4 Å². The molecule has 0 aromatic heterocycles. The Kier molecular flexibility index (Phi) is 5.33. The molecule has 0 spiro atoms. The lowest BCUT2D eigenvalue weighted by molar-refractivity contribution is -0.128. The fourth-order valence-electron chi connectivity index (χ4n) is 3.20. The third kappa shape index (κ3) is 4.46. The molecule has 0 bridgehead atoms. The number of anilines is 1. The van der Waals surface area contributed by atoms with E-state index in [4.69, 9.17) is 4.74 Å². The van der Waals surface area contributed by atoms with Gasteiger partial charge in [0.15, 0.2) is 0 Å². The van der Waals surface area contributed by atoms with Crippen LogP contribution in [0.5, 0.6) is 0 Å². The maximum atomic E-state index is 12.9. The Labute approximate surface area is 141 Å². The van der Waals surface area contributed by atoms with Gasteiger partial charge in [0.2, 0.25) is 5.91 Å². The van der Waals surface area contributed by atoms with Gasteiger partial charge in [0.1, 0.15) is 11.9 Å². The van der Waals surface area contributed by atoms with Gasteiger partial charge in [-0.05, 0) is 56.4 Å². The van der Waals surface area contributed by atoms with Crippen LogP contribution in [0.4, 0.5) is 14.9 Å². The van der Waals surface area contributed by atoms with Gasteiger partial charge in [-0.1, -0.05) is 6.42 Å². The van der Waals surface area contributed by atoms with Gasteiger partial charge in [0.25, 0.3) is 0 Å². The Bertz CT molecular complexity index is 586. The summed E-state index contributed by atoms with van der Waals surface area (Å²) in [5, 5.41) is 5.68. The minimum absolute atomic E-state index is 0.0791. The highest BCUT2D eigenvalue weighted by Gasteiger charge is 2.30. The molecule has 0 radical (unpaired) electrons. The average Bonchev–Trinajstić information content (AvgIpc) is 2.48. The summed E-state index contributed by atoms with van der Waals surface area (Å²) in [5.41, 5.74) is 0.493. The van der Waals surface area contributed by atoms with Crippen LogP contribution in [0.25, 0.3) is 0 Å². The van der Waals surface area contributed by atoms with Crippen molar-refractivity contribution in [3.05, 3.63) is 30.1 Å². The highest BCUT2D eigenvalue weighted by molar-refractivity contribution is 5.84. The van der Waals surface area contributed by atoms with E-state index < -0.39 is 6.09 Å². The molecule has 5 nitrogen and oxygen atoms in total. The normalized spacial score (nSPS) is 23.9. The first-order valence-corrected chi connectivity index (χ1v) is 8.64. The SMILES string of the molecule is O=C(Nc1ccc(F)cc1)O[C@@H]1CCC[C@@H](NC(=O)C2CCC2)C1. The van der Waals surface area contributed by atoms with Gasteiger partial charge < -0.3 is 10.1 Å². The molecule has 0 unspecified atom stereocenters. The lowest BCUT2D eigenvalue weighted by Gasteiger charge is -2.32. The Morgan fingerprint density at radius 2 is 1.75 bits per heavy atom. The zero-order chi connectivity index (χ0) is 16.9. The van der Waals surface area contributed by atoms with Gasteiger partial charge in [0.05, 0.1) is 0 Å². The van der Waals surface area contributed by atoms with Crippen LogP contribution in [0.1, 0.15) is 44.9 Å². The first-order chi connectivity index (χ1) is 11.6. The Hall–Kier alpha value is -2.11. The molecule has 1 aromatic carbocycles. The Balaban J connectivity index is 1.44. The van der Waals surface area contributed by atoms with E-state index in [0.29, 0.717) is 12.1 Å². The molecule has 0 aliphatic heterocycles. The molecule has 2 saturated carbocycles. The molecule has 0 heterocycles. The molecule has 2 amide bonds. The van der Waals surface area contributed by atoms with Crippen molar-refractivity contribution in [1.29, 1.82) is 0 Å². The molecule has 24 heavy (non-hydrogen) atoms. The molecule has 2 N–H and O–H groups in total. The number of carbonyl (C=O) groups is 2. The number of halogens is 1. The van der Waals surface area contributed by atoms with Crippen LogP contribution in [0.15, 0.2) is 24.3 Å². The molecular formula is C18H23FN2O3. The van der Waals surface area contributed by atoms with Gasteiger partial charge in [-0.15, -0.1) is 0 Å². The average molecular weight is 334 g/mol. The number of amides is 2. The second-order valence-corrected chi connectivity index (χ2v) is 6.66. The van der Waals surface area contributed by atoms with E-state index in [2.05, 4.69) is 10.6 Å². The lowest BCUT2D eigenvalue weighted by atomic mass is 9.84. The number of carbonyl (C=O) groups excluding carboxylic acids is 2. The van der Waals surface area contributed by atoms with Crippen molar-refractivity contribution in [2.45, 2.75) is 57.1 Å². The Morgan fingerprint density at radius 3 is 2.42 bits per heavy atom. The number of benzene rings is 1. The van der Waals surface area contributed by atoms with Crippen molar-refractivity contribution in [2.75, 3.05) is 5.32 Å². The number of nitrogens with one attached hydrogen (secondary N) is 2. The molecule has 1 aromatic rings. The first kappa shape index (κ1) is 16.7. The minimum Gasteiger partial charge on any atom is -0.446 e. The minimum atomic E-state index is -0.544. The van der Waals surface area contributed by atoms with E-state index in [1.54, 1.807) is 0 Å². The molecule has 2 aliphatic rings. The molecule has 130 valence electrons. The smallest absolute Gasteiger partial charge is 0.411 e. The maximum absolute atomic E-state index is 12.9. The molecule has 6 heteroatoms. The largest absolute Gasteiger partial charge is 0.446 e. The predicted octanol–water partition coefficient (Wildman–Crippen LogP) is 3.60. The number of hydrogen-bond acceptors (Lipinski definition) is 3. The first-order valence-electron chi connectivity index (χ1n) is 8.64. The van der Waals surface area contributed by atoms with Crippen LogP contribution in [0.3, 0.4) is 0 Å². The van der Waals surface area contributed by atoms with Crippen LogP contribution >= 0.6 is 0 Å². The summed E-state index contributed by atoms with van der Waals surface area (Å²) in [7, 11) is 0. The second kappa shape index (κ2) is 7.64. The van der Waals surface area contributed by atoms with E-state index in [1.165, 1.54) is 24.3 Å². The van der Waals surface area contributed by atoms with Crippen molar-refractivity contribution >= 4 is 17.7 Å². The van der Waals surface area contributed by atoms with Crippen molar-refractivity contribution < 1.29 is 18.7 Å². The number of hydrogen-bond donors (Lipinski definition) is 2. The lowest BCUT2D eigenvalue weighted by Crippen LogP contribution is -2.44. The van der Waals surface area contributed by atoms with Gasteiger partial charge in [-0.3, -0.25) is 10.1 Å². The van der Waals surface area contributed by atoms with Crippen LogP contribution in [-0.4, -0.2) is 24.1 Å². The standard InChI is InChI=1S/C18H23FN2O3/c19-13-7-9-14(10-8-13)21-18(23)24-16-6-2-5-15(11-16)20-17(22)12-3-1-4-12/h7-10,12,15-16H,1-6,11H2,(H,20,22)(H,21,23)/t15-,16-/m1/s1. The monoisotopic (exact) mass is 334 g/mol. The van der Waals surface area contributed by atoms with Gasteiger partial charge in [0, 0.05) is 24.1 Å². The van der Waals surface area contributed by atoms with E-state index in [9.17, 15) is 14.0 Å². The van der Waals surface area contributed by atoms with Crippen molar-refractivity contribution in [3.8, 4) is 0 Å². The molecule has 2 fully saturated rings. The summed E-state index contributed by atoms with van der Waals surface area (Å²) in [6, 6.07) is 5.61. The Morgan fingerprint density at radius 1 is 1.04 bits per heavy atom. The van der Waals surface area contributed by atoms with E-state index in [-0.39, 0.29) is 29.8 Å². The fraction of sp³-hybridized carbons (Fsp3) is 0.556. The second-order valence-electron chi connectivity index (χ2n) is 6.66. The summed E-state index contributed by atoms with van der Waals surface area (Å²) >= 11 is 0. The van der Waals surface area contributed by atoms with E-state index in [0.717, 1.165) is 38.5 Å². The maximum Gasteiger partial charge on any atom is 0.411 e. The van der Waals surface area contributed by atoms with E-state index in [1.807, 2.05) is 0 Å². The molecule has 2 aliphatic carbocycles. The van der Waals surface area contributed by atoms with Crippen molar-refractivity contribution in [3.63, 3.8) is 0 Å². The quantitative estimate of drug-likeness (QED) is 0.884. The third-order valence-electron chi connectivity index (χ3n) is 4.81. The summed E-state index contributed by atoms with van der Waals surface area (Å²) in [6.07, 6.45) is 5.66.